The third-order valence-electron chi connectivity index (χ3n) is 3.00. The first-order chi connectivity index (χ1) is 9.02. The highest BCUT2D eigenvalue weighted by Crippen LogP contribution is 2.14. The Kier molecular flexibility index (Phi) is 3.76. The second-order valence-corrected chi connectivity index (χ2v) is 4.66. The van der Waals surface area contributed by atoms with Gasteiger partial charge >= 0.3 is 0 Å². The van der Waals surface area contributed by atoms with Crippen molar-refractivity contribution in [2.75, 3.05) is 7.05 Å². The van der Waals surface area contributed by atoms with E-state index in [1.807, 2.05) is 24.3 Å². The number of aryl methyl sites for hydroxylation is 1. The van der Waals surface area contributed by atoms with E-state index < -0.39 is 5.91 Å². The fourth-order valence-electron chi connectivity index (χ4n) is 1.76. The van der Waals surface area contributed by atoms with Gasteiger partial charge in [-0.3, -0.25) is 19.8 Å². The molecule has 5 heteroatoms. The number of hydrogen-bond donors (Lipinski definition) is 1. The van der Waals surface area contributed by atoms with Gasteiger partial charge in [0.15, 0.2) is 5.11 Å². The lowest BCUT2D eigenvalue weighted by Gasteiger charge is -2.25. The number of thiocarbonyl (C=S) groups is 1. The highest BCUT2D eigenvalue weighted by Gasteiger charge is 2.30. The van der Waals surface area contributed by atoms with Crippen molar-refractivity contribution in [2.24, 2.45) is 0 Å². The van der Waals surface area contributed by atoms with Crippen LogP contribution in [0.1, 0.15) is 18.1 Å². The fraction of sp³-hybridized carbons (Fsp3) is 0.214. The highest BCUT2D eigenvalue weighted by atomic mass is 32.1. The number of amides is 2. The van der Waals surface area contributed by atoms with Crippen LogP contribution in [0.3, 0.4) is 0 Å². The van der Waals surface area contributed by atoms with Gasteiger partial charge in [-0.15, -0.1) is 0 Å². The zero-order valence-electron chi connectivity index (χ0n) is 10.8. The lowest BCUT2D eigenvalue weighted by molar-refractivity contribution is -0.128. The van der Waals surface area contributed by atoms with Crippen molar-refractivity contribution in [1.29, 1.82) is 0 Å². The topological polar surface area (TPSA) is 49.4 Å². The summed E-state index contributed by atoms with van der Waals surface area (Å²) in [6.07, 6.45) is 2.53. The Morgan fingerprint density at radius 2 is 1.89 bits per heavy atom. The normalized spacial score (nSPS) is 17.9. The molecule has 1 aromatic carbocycles. The Morgan fingerprint density at radius 1 is 1.26 bits per heavy atom. The monoisotopic (exact) mass is 274 g/mol. The predicted molar refractivity (Wildman–Crippen MR) is 77.3 cm³/mol. The van der Waals surface area contributed by atoms with Crippen LogP contribution in [0.15, 0.2) is 29.8 Å². The third kappa shape index (κ3) is 2.71. The average molecular weight is 274 g/mol. The predicted octanol–water partition coefficient (Wildman–Crippen LogP) is 1.51. The maximum absolute atomic E-state index is 12.0. The van der Waals surface area contributed by atoms with Crippen LogP contribution in [0.4, 0.5) is 0 Å². The maximum atomic E-state index is 12.0. The van der Waals surface area contributed by atoms with Crippen molar-refractivity contribution >= 4 is 35.2 Å². The number of carbonyl (C=O) groups excluding carboxylic acids is 2. The van der Waals surface area contributed by atoms with Gasteiger partial charge in [-0.2, -0.15) is 0 Å². The first-order valence-corrected chi connectivity index (χ1v) is 6.37. The van der Waals surface area contributed by atoms with Crippen LogP contribution in [-0.2, 0) is 16.0 Å². The minimum absolute atomic E-state index is 0.0975. The van der Waals surface area contributed by atoms with Gasteiger partial charge in [0.1, 0.15) is 5.57 Å². The molecule has 0 radical (unpaired) electrons. The number of benzene rings is 1. The Bertz CT molecular complexity index is 576. The molecule has 0 bridgehead atoms. The standard InChI is InChI=1S/C14H14N2O2S/c1-3-9-4-6-10(7-5-9)8-11-12(17)15-14(19)16(2)13(11)18/h4-8H,3H2,1-2H3,(H,15,17,19)/b11-8+. The lowest BCUT2D eigenvalue weighted by Crippen LogP contribution is -2.52. The summed E-state index contributed by atoms with van der Waals surface area (Å²) in [7, 11) is 1.54. The molecule has 1 saturated heterocycles. The van der Waals surface area contributed by atoms with Gasteiger partial charge in [0, 0.05) is 7.05 Å². The van der Waals surface area contributed by atoms with Crippen molar-refractivity contribution < 1.29 is 9.59 Å². The molecule has 0 atom stereocenters. The van der Waals surface area contributed by atoms with Crippen molar-refractivity contribution in [3.05, 3.63) is 41.0 Å². The molecule has 4 nitrogen and oxygen atoms in total. The Labute approximate surface area is 117 Å². The van der Waals surface area contributed by atoms with E-state index in [1.54, 1.807) is 6.08 Å². The number of carbonyl (C=O) groups is 2. The Hall–Kier alpha value is -2.01. The summed E-state index contributed by atoms with van der Waals surface area (Å²) in [6.45, 7) is 2.07. The van der Waals surface area contributed by atoms with Gasteiger partial charge in [-0.1, -0.05) is 31.2 Å². The van der Waals surface area contributed by atoms with Crippen LogP contribution < -0.4 is 5.32 Å². The van der Waals surface area contributed by atoms with Crippen LogP contribution in [0.2, 0.25) is 0 Å². The van der Waals surface area contributed by atoms with E-state index >= 15 is 0 Å². The SMILES string of the molecule is CCc1ccc(/C=C2\C(=O)NC(=S)N(C)C2=O)cc1. The number of likely N-dealkylation sites (N-methyl/N-ethyl adjacent to an activating group) is 1. The minimum atomic E-state index is -0.451. The fourth-order valence-corrected chi connectivity index (χ4v) is 1.94. The molecule has 98 valence electrons. The lowest BCUT2D eigenvalue weighted by atomic mass is 10.1. The average Bonchev–Trinajstić information content (AvgIpc) is 2.42. The van der Waals surface area contributed by atoms with Crippen molar-refractivity contribution in [3.8, 4) is 0 Å². The van der Waals surface area contributed by atoms with Crippen LogP contribution in [0.25, 0.3) is 6.08 Å². The first-order valence-electron chi connectivity index (χ1n) is 5.97. The molecule has 2 amide bonds. The van der Waals surface area contributed by atoms with E-state index in [-0.39, 0.29) is 16.6 Å². The molecule has 2 rings (SSSR count). The van der Waals surface area contributed by atoms with Gasteiger partial charge < -0.3 is 0 Å². The van der Waals surface area contributed by atoms with Crippen LogP contribution in [0, 0.1) is 0 Å². The zero-order valence-corrected chi connectivity index (χ0v) is 11.6. The van der Waals surface area contributed by atoms with E-state index in [2.05, 4.69) is 12.2 Å². The molecule has 1 fully saturated rings. The molecule has 19 heavy (non-hydrogen) atoms. The number of rotatable bonds is 2. The number of nitrogens with one attached hydrogen (secondary N) is 1. The number of nitrogens with zero attached hydrogens (tertiary/aromatic N) is 1. The molecule has 1 aliphatic rings. The summed E-state index contributed by atoms with van der Waals surface area (Å²) < 4.78 is 0. The first kappa shape index (κ1) is 13.4. The molecule has 1 aliphatic heterocycles. The molecule has 1 heterocycles. The van der Waals surface area contributed by atoms with Crippen molar-refractivity contribution in [2.45, 2.75) is 13.3 Å². The smallest absolute Gasteiger partial charge is 0.265 e. The summed E-state index contributed by atoms with van der Waals surface area (Å²) >= 11 is 4.88. The van der Waals surface area contributed by atoms with Crippen LogP contribution >= 0.6 is 12.2 Å². The summed E-state index contributed by atoms with van der Waals surface area (Å²) in [5.74, 6) is -0.832. The Morgan fingerprint density at radius 3 is 2.47 bits per heavy atom. The molecule has 0 saturated carbocycles. The van der Waals surface area contributed by atoms with Crippen LogP contribution in [-0.4, -0.2) is 28.9 Å². The van der Waals surface area contributed by atoms with Gasteiger partial charge in [0.25, 0.3) is 11.8 Å². The highest BCUT2D eigenvalue weighted by molar-refractivity contribution is 7.80. The van der Waals surface area contributed by atoms with E-state index in [0.717, 1.165) is 12.0 Å². The molecule has 0 aromatic heterocycles. The van der Waals surface area contributed by atoms with E-state index in [4.69, 9.17) is 12.2 Å². The van der Waals surface area contributed by atoms with E-state index in [0.29, 0.717) is 0 Å². The quantitative estimate of drug-likeness (QED) is 0.505. The largest absolute Gasteiger partial charge is 0.298 e. The van der Waals surface area contributed by atoms with E-state index in [1.165, 1.54) is 17.5 Å². The molecular weight excluding hydrogens is 260 g/mol. The molecule has 0 spiro atoms. The molecular formula is C14H14N2O2S. The minimum Gasteiger partial charge on any atom is -0.298 e. The number of hydrogen-bond acceptors (Lipinski definition) is 3. The van der Waals surface area contributed by atoms with Crippen molar-refractivity contribution in [3.63, 3.8) is 0 Å². The van der Waals surface area contributed by atoms with Gasteiger partial charge in [-0.25, -0.2) is 0 Å². The van der Waals surface area contributed by atoms with E-state index in [9.17, 15) is 9.59 Å². The molecule has 1 N–H and O–H groups in total. The summed E-state index contributed by atoms with van der Waals surface area (Å²) in [5.41, 5.74) is 2.12. The molecule has 1 aromatic rings. The third-order valence-corrected chi connectivity index (χ3v) is 3.38. The summed E-state index contributed by atoms with van der Waals surface area (Å²) in [5, 5.41) is 2.61. The Balaban J connectivity index is 2.33. The molecule has 0 unspecified atom stereocenters. The maximum Gasteiger partial charge on any atom is 0.265 e. The second kappa shape index (κ2) is 5.32. The zero-order chi connectivity index (χ0) is 14.0. The van der Waals surface area contributed by atoms with Gasteiger partial charge in [-0.05, 0) is 35.8 Å². The van der Waals surface area contributed by atoms with Gasteiger partial charge in [0.05, 0.1) is 0 Å². The summed E-state index contributed by atoms with van der Waals surface area (Å²) in [4.78, 5) is 25.0. The van der Waals surface area contributed by atoms with Gasteiger partial charge in [0.2, 0.25) is 0 Å². The van der Waals surface area contributed by atoms with Crippen molar-refractivity contribution in [1.82, 2.24) is 10.2 Å². The summed E-state index contributed by atoms with van der Waals surface area (Å²) in [6, 6.07) is 7.73. The van der Waals surface area contributed by atoms with Crippen LogP contribution in [0.5, 0.6) is 0 Å². The molecule has 0 aliphatic carbocycles. The second-order valence-electron chi connectivity index (χ2n) is 4.28.